The fourth-order valence-electron chi connectivity index (χ4n) is 0.723. The average molecular weight is 233 g/mol. The normalized spacial score (nSPS) is 9.15. The van der Waals surface area contributed by atoms with Crippen LogP contribution in [0.3, 0.4) is 0 Å². The monoisotopic (exact) mass is 232 g/mol. The summed E-state index contributed by atoms with van der Waals surface area (Å²) in [5, 5.41) is 7.92. The van der Waals surface area contributed by atoms with Gasteiger partial charge in [-0.2, -0.15) is 0 Å². The van der Waals surface area contributed by atoms with E-state index in [1.807, 2.05) is 0 Å². The maximum Gasteiger partial charge on any atom is 1.00 e. The van der Waals surface area contributed by atoms with Gasteiger partial charge in [-0.05, 0) is 12.1 Å². The van der Waals surface area contributed by atoms with Crippen LogP contribution in [0.2, 0.25) is 5.02 Å². The van der Waals surface area contributed by atoms with Crippen LogP contribution in [0.1, 0.15) is 11.8 Å². The molecular weight excluding hydrogens is 229 g/mol. The molecule has 0 atom stereocenters. The fourth-order valence-corrected chi connectivity index (χ4v) is 0.881. The Kier molecular flexibility index (Phi) is 5.58. The molecule has 0 aliphatic heterocycles. The van der Waals surface area contributed by atoms with Crippen molar-refractivity contribution in [1.82, 2.24) is 0 Å². The van der Waals surface area contributed by atoms with Gasteiger partial charge in [0.1, 0.15) is 11.4 Å². The Morgan fingerprint density at radius 1 is 1.46 bits per heavy atom. The Labute approximate surface area is 122 Å². The van der Waals surface area contributed by atoms with Crippen LogP contribution in [-0.4, -0.2) is 11.1 Å². The number of carbonyl (C=O) groups is 1. The van der Waals surface area contributed by atoms with Crippen molar-refractivity contribution in [2.75, 3.05) is 0 Å². The second-order valence-corrected chi connectivity index (χ2v) is 2.43. The topological polar surface area (TPSA) is 37.3 Å². The molecule has 0 unspecified atom stereocenters. The molecule has 0 heterocycles. The first-order valence-electron chi connectivity index (χ1n) is 2.91. The van der Waals surface area contributed by atoms with Crippen molar-refractivity contribution in [1.29, 1.82) is 0 Å². The summed E-state index contributed by atoms with van der Waals surface area (Å²) in [6, 6.07) is 1.76. The smallest absolute Gasteiger partial charge is 1.00 e. The number of halogens is 3. The molecule has 66 valence electrons. The minimum Gasteiger partial charge on any atom is -1.00 e. The zero-order chi connectivity index (χ0) is 9.30. The van der Waals surface area contributed by atoms with E-state index in [0.717, 1.165) is 12.1 Å². The van der Waals surface area contributed by atoms with Crippen LogP contribution in [-0.2, 0) is 0 Å². The van der Waals surface area contributed by atoms with Gasteiger partial charge < -0.3 is 6.53 Å². The van der Waals surface area contributed by atoms with Gasteiger partial charge in [-0.1, -0.05) is 11.6 Å². The molecule has 0 fully saturated rings. The zero-order valence-electron chi connectivity index (χ0n) is 7.64. The second kappa shape index (κ2) is 5.38. The minimum atomic E-state index is -1.67. The molecule has 0 spiro atoms. The summed E-state index contributed by atoms with van der Waals surface area (Å²) in [4.78, 5) is 10.3. The predicted octanol–water partition coefficient (Wildman–Crippen LogP) is -0.567. The molecule has 0 saturated carbocycles. The van der Waals surface area contributed by atoms with Crippen LogP contribution in [0, 0.1) is 11.6 Å². The molecule has 0 bridgehead atoms. The van der Waals surface area contributed by atoms with Crippen LogP contribution in [0.15, 0.2) is 12.1 Å². The van der Waals surface area contributed by atoms with E-state index < -0.39 is 28.2 Å². The number of hydrogen-bond donors (Lipinski definition) is 1. The molecule has 0 aliphatic carbocycles. The Balaban J connectivity index is 0. The van der Waals surface area contributed by atoms with Crippen molar-refractivity contribution in [3.05, 3.63) is 34.4 Å². The summed E-state index contributed by atoms with van der Waals surface area (Å²) in [5.74, 6) is -4.05. The van der Waals surface area contributed by atoms with E-state index in [1.54, 1.807) is 0 Å². The van der Waals surface area contributed by atoms with Crippen molar-refractivity contribution in [3.63, 3.8) is 0 Å². The van der Waals surface area contributed by atoms with Gasteiger partial charge in [0, 0.05) is 0 Å². The van der Waals surface area contributed by atoms with E-state index in [1.165, 1.54) is 0 Å². The summed E-state index contributed by atoms with van der Waals surface area (Å²) in [7, 11) is 0. The summed E-state index contributed by atoms with van der Waals surface area (Å²) in [6.45, 7) is 0. The second-order valence-electron chi connectivity index (χ2n) is 2.02. The van der Waals surface area contributed by atoms with Crippen LogP contribution >= 0.6 is 11.6 Å². The number of rotatable bonds is 1. The van der Waals surface area contributed by atoms with Gasteiger partial charge in [-0.25, -0.2) is 13.6 Å². The van der Waals surface area contributed by atoms with Crippen LogP contribution < -0.4 is 51.4 Å². The molecule has 13 heavy (non-hydrogen) atoms. The molecule has 1 aromatic rings. The SMILES string of the molecule is O=C(O)c1c(F)ccc(Cl)c1F.[H-].[K+]. The molecular formula is C7H4ClF2KO2. The third-order valence-corrected chi connectivity index (χ3v) is 1.55. The Hall–Kier alpha value is 0.476. The first-order valence-corrected chi connectivity index (χ1v) is 3.28. The molecule has 1 rings (SSSR count). The Morgan fingerprint density at radius 2 is 2.00 bits per heavy atom. The van der Waals surface area contributed by atoms with Gasteiger partial charge in [0.2, 0.25) is 0 Å². The third-order valence-electron chi connectivity index (χ3n) is 1.26. The van der Waals surface area contributed by atoms with Gasteiger partial charge in [0.25, 0.3) is 0 Å². The van der Waals surface area contributed by atoms with Crippen molar-refractivity contribution < 1.29 is 71.5 Å². The third kappa shape index (κ3) is 2.97. The number of aromatic carboxylic acids is 1. The van der Waals surface area contributed by atoms with Crippen LogP contribution in [0.25, 0.3) is 0 Å². The number of carboxylic acids is 1. The van der Waals surface area contributed by atoms with Crippen molar-refractivity contribution in [2.45, 2.75) is 0 Å². The first kappa shape index (κ1) is 13.5. The number of hydrogen-bond acceptors (Lipinski definition) is 1. The summed E-state index contributed by atoms with van der Waals surface area (Å²) in [6.07, 6.45) is 0. The van der Waals surface area contributed by atoms with E-state index in [2.05, 4.69) is 0 Å². The first-order chi connectivity index (χ1) is 5.54. The van der Waals surface area contributed by atoms with E-state index in [0.29, 0.717) is 0 Å². The van der Waals surface area contributed by atoms with Crippen LogP contribution in [0.5, 0.6) is 0 Å². The maximum absolute atomic E-state index is 12.8. The van der Waals surface area contributed by atoms with E-state index in [4.69, 9.17) is 16.7 Å². The largest absolute Gasteiger partial charge is 1.00 e. The molecule has 1 N–H and O–H groups in total. The molecule has 6 heteroatoms. The van der Waals surface area contributed by atoms with E-state index >= 15 is 0 Å². The summed E-state index contributed by atoms with van der Waals surface area (Å²) >= 11 is 5.22. The number of benzene rings is 1. The van der Waals surface area contributed by atoms with Gasteiger partial charge >= 0.3 is 57.4 Å². The quantitative estimate of drug-likeness (QED) is 0.520. The van der Waals surface area contributed by atoms with Gasteiger partial charge in [-0.15, -0.1) is 0 Å². The predicted molar refractivity (Wildman–Crippen MR) is 39.4 cm³/mol. The van der Waals surface area contributed by atoms with Gasteiger partial charge in [0.05, 0.1) is 5.02 Å². The molecule has 0 aromatic heterocycles. The molecule has 0 aliphatic rings. The molecule has 0 radical (unpaired) electrons. The van der Waals surface area contributed by atoms with Crippen molar-refractivity contribution in [3.8, 4) is 0 Å². The Bertz CT molecular complexity index is 349. The maximum atomic E-state index is 12.8. The van der Waals surface area contributed by atoms with E-state index in [-0.39, 0.29) is 52.8 Å². The standard InChI is InChI=1S/C7H3ClF2O2.K.H/c8-3-1-2-4(9)5(6(3)10)7(11)12;;/h1-2H,(H,11,12);;/q;+1;-1. The average Bonchev–Trinajstić information content (AvgIpc) is 1.97. The van der Waals surface area contributed by atoms with Gasteiger partial charge in [-0.3, -0.25) is 0 Å². The Morgan fingerprint density at radius 3 is 2.38 bits per heavy atom. The van der Waals surface area contributed by atoms with E-state index in [9.17, 15) is 13.6 Å². The van der Waals surface area contributed by atoms with Gasteiger partial charge in [0.15, 0.2) is 5.82 Å². The molecule has 1 aromatic carbocycles. The molecule has 0 amide bonds. The zero-order valence-corrected chi connectivity index (χ0v) is 10.5. The van der Waals surface area contributed by atoms with Crippen molar-refractivity contribution in [2.24, 2.45) is 0 Å². The van der Waals surface area contributed by atoms with Crippen LogP contribution in [0.4, 0.5) is 8.78 Å². The minimum absolute atomic E-state index is 0. The molecule has 0 saturated heterocycles. The summed E-state index contributed by atoms with van der Waals surface area (Å²) < 4.78 is 25.4. The molecule has 2 nitrogen and oxygen atoms in total. The fraction of sp³-hybridized carbons (Fsp3) is 0. The number of carboxylic acid groups (broad SMARTS) is 1. The van der Waals surface area contributed by atoms with Crippen molar-refractivity contribution >= 4 is 17.6 Å². The summed E-state index contributed by atoms with van der Waals surface area (Å²) in [5.41, 5.74) is -1.03.